The largest absolute Gasteiger partial charge is 0.314 e. The van der Waals surface area contributed by atoms with Crippen molar-refractivity contribution in [1.29, 1.82) is 0 Å². The van der Waals surface area contributed by atoms with Gasteiger partial charge in [-0.25, -0.2) is 0 Å². The molecule has 0 amide bonds. The van der Waals surface area contributed by atoms with Gasteiger partial charge in [0.05, 0.1) is 0 Å². The molecule has 2 rings (SSSR count). The van der Waals surface area contributed by atoms with Gasteiger partial charge in [-0.1, -0.05) is 26.2 Å². The van der Waals surface area contributed by atoms with E-state index in [9.17, 15) is 0 Å². The van der Waals surface area contributed by atoms with Crippen molar-refractivity contribution in [3.63, 3.8) is 0 Å². The van der Waals surface area contributed by atoms with Crippen LogP contribution < -0.4 is 5.32 Å². The summed E-state index contributed by atoms with van der Waals surface area (Å²) in [5.41, 5.74) is 0. The van der Waals surface area contributed by atoms with Crippen LogP contribution in [0.3, 0.4) is 0 Å². The first-order chi connectivity index (χ1) is 8.81. The van der Waals surface area contributed by atoms with Crippen LogP contribution in [0.4, 0.5) is 0 Å². The molecule has 3 unspecified atom stereocenters. The zero-order valence-corrected chi connectivity index (χ0v) is 13.0. The van der Waals surface area contributed by atoms with Crippen LogP contribution in [0.5, 0.6) is 0 Å². The minimum Gasteiger partial charge on any atom is -0.314 e. The summed E-state index contributed by atoms with van der Waals surface area (Å²) in [4.78, 5) is 2.75. The number of nitrogens with zero attached hydrogens (tertiary/aromatic N) is 1. The van der Waals surface area contributed by atoms with Gasteiger partial charge in [-0.05, 0) is 32.2 Å². The number of nitrogens with one attached hydrogen (secondary N) is 1. The predicted octanol–water partition coefficient (Wildman–Crippen LogP) is 2.98. The molecule has 1 N–H and O–H groups in total. The molecule has 0 bridgehead atoms. The van der Waals surface area contributed by atoms with Gasteiger partial charge < -0.3 is 5.32 Å². The van der Waals surface area contributed by atoms with Crippen LogP contribution in [0, 0.1) is 5.92 Å². The number of thioether (sulfide) groups is 1. The summed E-state index contributed by atoms with van der Waals surface area (Å²) < 4.78 is 0. The highest BCUT2D eigenvalue weighted by atomic mass is 32.2. The van der Waals surface area contributed by atoms with Gasteiger partial charge >= 0.3 is 0 Å². The van der Waals surface area contributed by atoms with Crippen LogP contribution in [0.15, 0.2) is 0 Å². The first-order valence-corrected chi connectivity index (χ1v) is 9.02. The van der Waals surface area contributed by atoms with E-state index in [0.29, 0.717) is 0 Å². The molecule has 0 aromatic heterocycles. The summed E-state index contributed by atoms with van der Waals surface area (Å²) >= 11 is 2.13. The predicted molar refractivity (Wildman–Crippen MR) is 82.4 cm³/mol. The molecule has 2 nitrogen and oxygen atoms in total. The Morgan fingerprint density at radius 3 is 2.83 bits per heavy atom. The van der Waals surface area contributed by atoms with Crippen molar-refractivity contribution in [2.45, 2.75) is 58.0 Å². The lowest BCUT2D eigenvalue weighted by atomic mass is 9.93. The second kappa shape index (κ2) is 7.76. The Balaban J connectivity index is 1.90. The van der Waals surface area contributed by atoms with Crippen molar-refractivity contribution in [3.8, 4) is 0 Å². The van der Waals surface area contributed by atoms with Gasteiger partial charge in [0.1, 0.15) is 0 Å². The molecule has 1 saturated carbocycles. The lowest BCUT2D eigenvalue weighted by molar-refractivity contribution is 0.168. The zero-order chi connectivity index (χ0) is 12.8. The van der Waals surface area contributed by atoms with Gasteiger partial charge in [-0.15, -0.1) is 0 Å². The molecule has 0 aromatic carbocycles. The Kier molecular flexibility index (Phi) is 6.33. The molecule has 0 aromatic rings. The second-order valence-corrected chi connectivity index (χ2v) is 7.13. The summed E-state index contributed by atoms with van der Waals surface area (Å²) in [5, 5.41) is 3.75. The molecule has 1 aliphatic carbocycles. The lowest BCUT2D eigenvalue weighted by Gasteiger charge is -2.37. The SMILES string of the molecule is CCNC1CCCCCC1CN1CCSCC1C. The Labute approximate surface area is 117 Å². The minimum atomic E-state index is 0.777. The lowest BCUT2D eigenvalue weighted by Crippen LogP contribution is -2.47. The van der Waals surface area contributed by atoms with Crippen LogP contribution in [0.25, 0.3) is 0 Å². The molecule has 1 saturated heterocycles. The number of hydrogen-bond donors (Lipinski definition) is 1. The van der Waals surface area contributed by atoms with Crippen LogP contribution in [-0.4, -0.2) is 48.1 Å². The molecule has 2 aliphatic rings. The Bertz CT molecular complexity index is 235. The molecule has 1 aliphatic heterocycles. The summed E-state index contributed by atoms with van der Waals surface area (Å²) in [6.45, 7) is 8.43. The average molecular weight is 270 g/mol. The van der Waals surface area contributed by atoms with E-state index in [4.69, 9.17) is 0 Å². The van der Waals surface area contributed by atoms with E-state index in [0.717, 1.165) is 24.5 Å². The van der Waals surface area contributed by atoms with E-state index in [1.54, 1.807) is 0 Å². The van der Waals surface area contributed by atoms with E-state index >= 15 is 0 Å². The summed E-state index contributed by atoms with van der Waals surface area (Å²) in [6, 6.07) is 1.56. The highest BCUT2D eigenvalue weighted by molar-refractivity contribution is 7.99. The average Bonchev–Trinajstić information content (AvgIpc) is 2.59. The van der Waals surface area contributed by atoms with E-state index in [1.165, 1.54) is 56.7 Å². The summed E-state index contributed by atoms with van der Waals surface area (Å²) in [6.07, 6.45) is 7.16. The zero-order valence-electron chi connectivity index (χ0n) is 12.2. The first-order valence-electron chi connectivity index (χ1n) is 7.86. The van der Waals surface area contributed by atoms with Crippen LogP contribution in [0.1, 0.15) is 46.0 Å². The molecule has 3 atom stereocenters. The van der Waals surface area contributed by atoms with E-state index < -0.39 is 0 Å². The van der Waals surface area contributed by atoms with Crippen molar-refractivity contribution in [2.75, 3.05) is 31.1 Å². The van der Waals surface area contributed by atoms with Crippen LogP contribution in [-0.2, 0) is 0 Å². The molecule has 106 valence electrons. The fourth-order valence-corrected chi connectivity index (χ4v) is 4.55. The Morgan fingerprint density at radius 2 is 2.06 bits per heavy atom. The molecule has 18 heavy (non-hydrogen) atoms. The van der Waals surface area contributed by atoms with Gasteiger partial charge in [0.25, 0.3) is 0 Å². The third-order valence-electron chi connectivity index (χ3n) is 4.60. The minimum absolute atomic E-state index is 0.777. The summed E-state index contributed by atoms with van der Waals surface area (Å²) in [7, 11) is 0. The van der Waals surface area contributed by atoms with Gasteiger partial charge in [0.15, 0.2) is 0 Å². The fourth-order valence-electron chi connectivity index (χ4n) is 3.47. The summed E-state index contributed by atoms with van der Waals surface area (Å²) in [5.74, 6) is 3.56. The maximum Gasteiger partial charge on any atom is 0.0158 e. The van der Waals surface area contributed by atoms with Crippen molar-refractivity contribution >= 4 is 11.8 Å². The van der Waals surface area contributed by atoms with Crippen molar-refractivity contribution in [2.24, 2.45) is 5.92 Å². The third kappa shape index (κ3) is 4.14. The van der Waals surface area contributed by atoms with Crippen molar-refractivity contribution in [1.82, 2.24) is 10.2 Å². The van der Waals surface area contributed by atoms with Gasteiger partial charge in [0.2, 0.25) is 0 Å². The monoisotopic (exact) mass is 270 g/mol. The van der Waals surface area contributed by atoms with E-state index in [-0.39, 0.29) is 0 Å². The molecule has 2 fully saturated rings. The number of hydrogen-bond acceptors (Lipinski definition) is 3. The second-order valence-electron chi connectivity index (χ2n) is 5.98. The van der Waals surface area contributed by atoms with E-state index in [1.807, 2.05) is 0 Å². The van der Waals surface area contributed by atoms with Crippen molar-refractivity contribution in [3.05, 3.63) is 0 Å². The molecule has 0 spiro atoms. The first kappa shape index (κ1) is 14.7. The van der Waals surface area contributed by atoms with Crippen LogP contribution in [0.2, 0.25) is 0 Å². The number of rotatable bonds is 4. The highest BCUT2D eigenvalue weighted by Gasteiger charge is 2.27. The highest BCUT2D eigenvalue weighted by Crippen LogP contribution is 2.26. The smallest absolute Gasteiger partial charge is 0.0158 e. The molecule has 0 radical (unpaired) electrons. The Hall–Kier alpha value is 0.270. The van der Waals surface area contributed by atoms with Crippen molar-refractivity contribution < 1.29 is 0 Å². The van der Waals surface area contributed by atoms with Gasteiger partial charge in [-0.3, -0.25) is 4.90 Å². The van der Waals surface area contributed by atoms with Gasteiger partial charge in [0, 0.05) is 36.7 Å². The molecule has 1 heterocycles. The third-order valence-corrected chi connectivity index (χ3v) is 5.79. The topological polar surface area (TPSA) is 15.3 Å². The van der Waals surface area contributed by atoms with Crippen LogP contribution >= 0.6 is 11.8 Å². The van der Waals surface area contributed by atoms with Gasteiger partial charge in [-0.2, -0.15) is 11.8 Å². The molecule has 3 heteroatoms. The molecular weight excluding hydrogens is 240 g/mol. The molecular formula is C15H30N2S. The standard InChI is InChI=1S/C15H30N2S/c1-3-16-15-8-6-4-5-7-14(15)11-17-9-10-18-12-13(17)2/h13-16H,3-12H2,1-2H3. The quantitative estimate of drug-likeness (QED) is 0.791. The fraction of sp³-hybridized carbons (Fsp3) is 1.00. The maximum absolute atomic E-state index is 3.75. The van der Waals surface area contributed by atoms with E-state index in [2.05, 4.69) is 35.8 Å². The normalized spacial score (nSPS) is 35.3. The maximum atomic E-state index is 3.75. The Morgan fingerprint density at radius 1 is 1.22 bits per heavy atom.